The molecule has 0 atom stereocenters. The molecule has 0 radical (unpaired) electrons. The number of hydrogen-bond acceptors (Lipinski definition) is 5. The van der Waals surface area contributed by atoms with Gasteiger partial charge in [-0.05, 0) is 18.7 Å². The van der Waals surface area contributed by atoms with Crippen LogP contribution in [0.2, 0.25) is 0 Å². The van der Waals surface area contributed by atoms with E-state index in [9.17, 15) is 8.42 Å². The summed E-state index contributed by atoms with van der Waals surface area (Å²) < 4.78 is 36.9. The van der Waals surface area contributed by atoms with Gasteiger partial charge in [0.25, 0.3) is 0 Å². The van der Waals surface area contributed by atoms with Crippen molar-refractivity contribution < 1.29 is 17.9 Å². The number of ether oxygens (including phenoxy) is 2. The van der Waals surface area contributed by atoms with Gasteiger partial charge in [-0.3, -0.25) is 4.72 Å². The van der Waals surface area contributed by atoms with E-state index in [4.69, 9.17) is 9.47 Å². The second-order valence-corrected chi connectivity index (χ2v) is 5.97. The van der Waals surface area contributed by atoms with Crippen LogP contribution in [0.5, 0.6) is 11.5 Å². The zero-order valence-corrected chi connectivity index (χ0v) is 11.6. The van der Waals surface area contributed by atoms with Gasteiger partial charge >= 0.3 is 0 Å². The number of anilines is 1. The SMILES string of the molecule is CCNCCS(=O)(=O)Nc1ccc2c(c1)OCCO2. The minimum atomic E-state index is -3.34. The lowest BCUT2D eigenvalue weighted by Crippen LogP contribution is -2.26. The molecule has 2 N–H and O–H groups in total. The molecule has 0 saturated heterocycles. The van der Waals surface area contributed by atoms with Crippen LogP contribution >= 0.6 is 0 Å². The largest absolute Gasteiger partial charge is 0.486 e. The first-order valence-electron chi connectivity index (χ1n) is 6.21. The fourth-order valence-corrected chi connectivity index (χ4v) is 2.72. The third-order valence-corrected chi connectivity index (χ3v) is 3.90. The molecule has 0 fully saturated rings. The molecule has 106 valence electrons. The molecule has 0 unspecified atom stereocenters. The Balaban J connectivity index is 2.02. The van der Waals surface area contributed by atoms with E-state index in [0.29, 0.717) is 36.9 Å². The lowest BCUT2D eigenvalue weighted by atomic mass is 10.3. The van der Waals surface area contributed by atoms with Gasteiger partial charge in [0.2, 0.25) is 10.0 Å². The van der Waals surface area contributed by atoms with Gasteiger partial charge in [-0.1, -0.05) is 6.92 Å². The predicted molar refractivity (Wildman–Crippen MR) is 73.4 cm³/mol. The smallest absolute Gasteiger partial charge is 0.233 e. The monoisotopic (exact) mass is 286 g/mol. The predicted octanol–water partition coefficient (Wildman–Crippen LogP) is 0.809. The first-order valence-corrected chi connectivity index (χ1v) is 7.87. The average Bonchev–Trinajstić information content (AvgIpc) is 2.38. The van der Waals surface area contributed by atoms with E-state index in [1.54, 1.807) is 18.2 Å². The summed E-state index contributed by atoms with van der Waals surface area (Å²) in [7, 11) is -3.34. The van der Waals surface area contributed by atoms with Gasteiger partial charge in [-0.2, -0.15) is 0 Å². The molecule has 19 heavy (non-hydrogen) atoms. The van der Waals surface area contributed by atoms with Crippen LogP contribution in [0.4, 0.5) is 5.69 Å². The molecule has 0 bridgehead atoms. The molecule has 6 nitrogen and oxygen atoms in total. The van der Waals surface area contributed by atoms with E-state index in [0.717, 1.165) is 6.54 Å². The highest BCUT2D eigenvalue weighted by Crippen LogP contribution is 2.32. The van der Waals surface area contributed by atoms with Crippen LogP contribution in [0.1, 0.15) is 6.92 Å². The van der Waals surface area contributed by atoms with E-state index in [1.165, 1.54) is 0 Å². The van der Waals surface area contributed by atoms with Crippen LogP contribution in [0.15, 0.2) is 18.2 Å². The van der Waals surface area contributed by atoms with Gasteiger partial charge in [-0.15, -0.1) is 0 Å². The van der Waals surface area contributed by atoms with Gasteiger partial charge in [0.15, 0.2) is 11.5 Å². The fourth-order valence-electron chi connectivity index (χ4n) is 1.72. The summed E-state index contributed by atoms with van der Waals surface area (Å²) in [6.45, 7) is 4.10. The van der Waals surface area contributed by atoms with Crippen LogP contribution in [0.3, 0.4) is 0 Å². The Morgan fingerprint density at radius 2 is 1.95 bits per heavy atom. The highest BCUT2D eigenvalue weighted by Gasteiger charge is 2.14. The molecule has 1 heterocycles. The first-order chi connectivity index (χ1) is 9.11. The van der Waals surface area contributed by atoms with Crippen molar-refractivity contribution in [2.24, 2.45) is 0 Å². The lowest BCUT2D eigenvalue weighted by molar-refractivity contribution is 0.171. The zero-order chi connectivity index (χ0) is 13.7. The van der Waals surface area contributed by atoms with Crippen LogP contribution in [0.25, 0.3) is 0 Å². The van der Waals surface area contributed by atoms with E-state index >= 15 is 0 Å². The molecule has 0 aromatic heterocycles. The van der Waals surface area contributed by atoms with E-state index in [1.807, 2.05) is 6.92 Å². The van der Waals surface area contributed by atoms with Gasteiger partial charge in [0, 0.05) is 12.6 Å². The van der Waals surface area contributed by atoms with Crippen molar-refractivity contribution in [1.29, 1.82) is 0 Å². The van der Waals surface area contributed by atoms with Crippen molar-refractivity contribution in [3.05, 3.63) is 18.2 Å². The standard InChI is InChI=1S/C12H18N2O4S/c1-2-13-5-8-19(15,16)14-10-3-4-11-12(9-10)18-7-6-17-11/h3-4,9,13-14H,2,5-8H2,1H3. The molecular weight excluding hydrogens is 268 g/mol. The third kappa shape index (κ3) is 4.00. The molecule has 1 aromatic rings. The topological polar surface area (TPSA) is 76.7 Å². The van der Waals surface area contributed by atoms with E-state index in [2.05, 4.69) is 10.0 Å². The molecular formula is C12H18N2O4S. The molecule has 0 spiro atoms. The second kappa shape index (κ2) is 6.12. The number of sulfonamides is 1. The molecule has 7 heteroatoms. The first kappa shape index (κ1) is 14.0. The van der Waals surface area contributed by atoms with Gasteiger partial charge < -0.3 is 14.8 Å². The number of benzene rings is 1. The quantitative estimate of drug-likeness (QED) is 0.757. The van der Waals surface area contributed by atoms with Crippen LogP contribution in [-0.2, 0) is 10.0 Å². The molecule has 2 rings (SSSR count). The second-order valence-electron chi connectivity index (χ2n) is 4.13. The van der Waals surface area contributed by atoms with Crippen LogP contribution < -0.4 is 19.5 Å². The molecule has 0 aliphatic carbocycles. The molecule has 1 aliphatic rings. The Morgan fingerprint density at radius 1 is 1.21 bits per heavy atom. The number of nitrogens with one attached hydrogen (secondary N) is 2. The van der Waals surface area contributed by atoms with Gasteiger partial charge in [-0.25, -0.2) is 8.42 Å². The van der Waals surface area contributed by atoms with Crippen LogP contribution in [0, 0.1) is 0 Å². The Bertz CT molecular complexity index is 531. The minimum absolute atomic E-state index is 0.0370. The molecule has 1 aromatic carbocycles. The van der Waals surface area contributed by atoms with Gasteiger partial charge in [0.05, 0.1) is 11.4 Å². The highest BCUT2D eigenvalue weighted by molar-refractivity contribution is 7.92. The molecule has 0 amide bonds. The van der Waals surface area contributed by atoms with Crippen molar-refractivity contribution in [2.75, 3.05) is 36.8 Å². The zero-order valence-electron chi connectivity index (χ0n) is 10.8. The Kier molecular flexibility index (Phi) is 4.49. The minimum Gasteiger partial charge on any atom is -0.486 e. The summed E-state index contributed by atoms with van der Waals surface area (Å²) >= 11 is 0. The fraction of sp³-hybridized carbons (Fsp3) is 0.500. The Hall–Kier alpha value is -1.47. The third-order valence-electron chi connectivity index (χ3n) is 2.61. The normalized spacial score (nSPS) is 14.2. The van der Waals surface area contributed by atoms with Crippen LogP contribution in [-0.4, -0.2) is 40.5 Å². The van der Waals surface area contributed by atoms with Crippen molar-refractivity contribution in [3.63, 3.8) is 0 Å². The lowest BCUT2D eigenvalue weighted by Gasteiger charge is -2.19. The number of rotatable bonds is 6. The van der Waals surface area contributed by atoms with Crippen molar-refractivity contribution >= 4 is 15.7 Å². The number of hydrogen-bond donors (Lipinski definition) is 2. The van der Waals surface area contributed by atoms with E-state index in [-0.39, 0.29) is 5.75 Å². The highest BCUT2D eigenvalue weighted by atomic mass is 32.2. The summed E-state index contributed by atoms with van der Waals surface area (Å²) in [5, 5.41) is 2.98. The molecule has 0 saturated carbocycles. The maximum Gasteiger partial charge on any atom is 0.233 e. The average molecular weight is 286 g/mol. The summed E-state index contributed by atoms with van der Waals surface area (Å²) in [5.74, 6) is 1.25. The van der Waals surface area contributed by atoms with Crippen molar-refractivity contribution in [3.8, 4) is 11.5 Å². The maximum atomic E-state index is 11.8. The van der Waals surface area contributed by atoms with Crippen molar-refractivity contribution in [2.45, 2.75) is 6.92 Å². The summed E-state index contributed by atoms with van der Waals surface area (Å²) in [6, 6.07) is 5.01. The maximum absolute atomic E-state index is 11.8. The van der Waals surface area contributed by atoms with Crippen molar-refractivity contribution in [1.82, 2.24) is 5.32 Å². The number of fused-ring (bicyclic) bond motifs is 1. The Labute approximate surface area is 113 Å². The summed E-state index contributed by atoms with van der Waals surface area (Å²) in [4.78, 5) is 0. The summed E-state index contributed by atoms with van der Waals surface area (Å²) in [5.41, 5.74) is 0.487. The molecule has 1 aliphatic heterocycles. The van der Waals surface area contributed by atoms with E-state index < -0.39 is 10.0 Å². The summed E-state index contributed by atoms with van der Waals surface area (Å²) in [6.07, 6.45) is 0. The Morgan fingerprint density at radius 3 is 2.68 bits per heavy atom. The van der Waals surface area contributed by atoms with Gasteiger partial charge in [0.1, 0.15) is 13.2 Å².